The second-order valence-corrected chi connectivity index (χ2v) is 3.71. The third-order valence-corrected chi connectivity index (χ3v) is 2.43. The molecule has 0 spiro atoms. The molecule has 1 aliphatic rings. The molecule has 0 saturated carbocycles. The maximum Gasteiger partial charge on any atom is 0.239 e. The lowest BCUT2D eigenvalue weighted by atomic mass is 10.2. The molecular formula is C10H19N3O3. The number of hydrogen-bond acceptors (Lipinski definition) is 4. The molecule has 16 heavy (non-hydrogen) atoms. The van der Waals surface area contributed by atoms with Gasteiger partial charge in [-0.1, -0.05) is 0 Å². The van der Waals surface area contributed by atoms with Gasteiger partial charge in [-0.3, -0.25) is 9.59 Å². The SMILES string of the molecule is COCCNC(=O)CNC(=O)[C@@H]1CCCN1. The molecule has 3 N–H and O–H groups in total. The van der Waals surface area contributed by atoms with Crippen LogP contribution in [-0.2, 0) is 14.3 Å². The summed E-state index contributed by atoms with van der Waals surface area (Å²) in [5.74, 6) is -0.289. The molecule has 1 fully saturated rings. The van der Waals surface area contributed by atoms with E-state index in [2.05, 4.69) is 16.0 Å². The highest BCUT2D eigenvalue weighted by Crippen LogP contribution is 2.03. The van der Waals surface area contributed by atoms with E-state index in [9.17, 15) is 9.59 Å². The number of carbonyl (C=O) groups is 2. The zero-order valence-electron chi connectivity index (χ0n) is 9.54. The van der Waals surface area contributed by atoms with Gasteiger partial charge in [-0.15, -0.1) is 0 Å². The molecule has 0 aliphatic carbocycles. The Bertz CT molecular complexity index is 239. The fourth-order valence-corrected chi connectivity index (χ4v) is 1.55. The predicted molar refractivity (Wildman–Crippen MR) is 58.9 cm³/mol. The Morgan fingerprint density at radius 1 is 1.44 bits per heavy atom. The second-order valence-electron chi connectivity index (χ2n) is 3.71. The summed E-state index contributed by atoms with van der Waals surface area (Å²) < 4.78 is 4.79. The lowest BCUT2D eigenvalue weighted by Crippen LogP contribution is -2.45. The average molecular weight is 229 g/mol. The van der Waals surface area contributed by atoms with Gasteiger partial charge >= 0.3 is 0 Å². The van der Waals surface area contributed by atoms with Crippen molar-refractivity contribution >= 4 is 11.8 Å². The Morgan fingerprint density at radius 3 is 2.88 bits per heavy atom. The van der Waals surface area contributed by atoms with E-state index >= 15 is 0 Å². The Hall–Kier alpha value is -1.14. The molecule has 6 nitrogen and oxygen atoms in total. The van der Waals surface area contributed by atoms with E-state index in [-0.39, 0.29) is 24.4 Å². The maximum atomic E-state index is 11.5. The monoisotopic (exact) mass is 229 g/mol. The van der Waals surface area contributed by atoms with Gasteiger partial charge in [0.05, 0.1) is 19.2 Å². The molecule has 1 rings (SSSR count). The van der Waals surface area contributed by atoms with Gasteiger partial charge in [0.25, 0.3) is 0 Å². The summed E-state index contributed by atoms with van der Waals surface area (Å²) in [5.41, 5.74) is 0. The number of nitrogens with one attached hydrogen (secondary N) is 3. The van der Waals surface area contributed by atoms with Crippen LogP contribution in [0.4, 0.5) is 0 Å². The van der Waals surface area contributed by atoms with Crippen molar-refractivity contribution < 1.29 is 14.3 Å². The number of hydrogen-bond donors (Lipinski definition) is 3. The Kier molecular flexibility index (Phi) is 5.81. The van der Waals surface area contributed by atoms with E-state index in [1.54, 1.807) is 7.11 Å². The van der Waals surface area contributed by atoms with Gasteiger partial charge in [-0.2, -0.15) is 0 Å². The fourth-order valence-electron chi connectivity index (χ4n) is 1.55. The average Bonchev–Trinajstić information content (AvgIpc) is 2.79. The van der Waals surface area contributed by atoms with Gasteiger partial charge in [0.2, 0.25) is 11.8 Å². The Balaban J connectivity index is 2.08. The zero-order chi connectivity index (χ0) is 11.8. The summed E-state index contributed by atoms with van der Waals surface area (Å²) in [7, 11) is 1.57. The van der Waals surface area contributed by atoms with Gasteiger partial charge < -0.3 is 20.7 Å². The molecule has 0 aromatic carbocycles. The predicted octanol–water partition coefficient (Wildman–Crippen LogP) is -1.38. The molecule has 0 aromatic rings. The van der Waals surface area contributed by atoms with Crippen LogP contribution >= 0.6 is 0 Å². The summed E-state index contributed by atoms with van der Waals surface area (Å²) in [4.78, 5) is 22.7. The molecule has 0 aromatic heterocycles. The van der Waals surface area contributed by atoms with Crippen molar-refractivity contribution in [2.75, 3.05) is 33.4 Å². The van der Waals surface area contributed by atoms with Gasteiger partial charge in [0.1, 0.15) is 0 Å². The first-order chi connectivity index (χ1) is 7.74. The standard InChI is InChI=1S/C10H19N3O3/c1-16-6-5-12-9(14)7-13-10(15)8-3-2-4-11-8/h8,11H,2-7H2,1H3,(H,12,14)(H,13,15)/t8-/m0/s1. The van der Waals surface area contributed by atoms with Crippen LogP contribution in [0.5, 0.6) is 0 Å². The van der Waals surface area contributed by atoms with E-state index in [0.29, 0.717) is 13.2 Å². The molecule has 6 heteroatoms. The van der Waals surface area contributed by atoms with Crippen LogP contribution in [-0.4, -0.2) is 51.2 Å². The minimum Gasteiger partial charge on any atom is -0.383 e. The lowest BCUT2D eigenvalue weighted by molar-refractivity contribution is -0.127. The van der Waals surface area contributed by atoms with Crippen LogP contribution in [0, 0.1) is 0 Å². The third-order valence-electron chi connectivity index (χ3n) is 2.43. The Morgan fingerprint density at radius 2 is 2.25 bits per heavy atom. The van der Waals surface area contributed by atoms with Gasteiger partial charge in [0.15, 0.2) is 0 Å². The van der Waals surface area contributed by atoms with Crippen LogP contribution in [0.2, 0.25) is 0 Å². The van der Waals surface area contributed by atoms with Crippen molar-refractivity contribution in [3.8, 4) is 0 Å². The van der Waals surface area contributed by atoms with Crippen molar-refractivity contribution in [3.63, 3.8) is 0 Å². The lowest BCUT2D eigenvalue weighted by Gasteiger charge is -2.10. The minimum atomic E-state index is -0.191. The van der Waals surface area contributed by atoms with Crippen molar-refractivity contribution in [2.24, 2.45) is 0 Å². The van der Waals surface area contributed by atoms with Crippen molar-refractivity contribution in [1.82, 2.24) is 16.0 Å². The first-order valence-corrected chi connectivity index (χ1v) is 5.50. The molecule has 0 radical (unpaired) electrons. The first-order valence-electron chi connectivity index (χ1n) is 5.50. The molecule has 1 heterocycles. The first kappa shape index (κ1) is 12.9. The van der Waals surface area contributed by atoms with Crippen molar-refractivity contribution in [3.05, 3.63) is 0 Å². The zero-order valence-corrected chi connectivity index (χ0v) is 9.54. The third kappa shape index (κ3) is 4.59. The number of carbonyl (C=O) groups excluding carboxylic acids is 2. The van der Waals surface area contributed by atoms with E-state index in [4.69, 9.17) is 4.74 Å². The summed E-state index contributed by atoms with van der Waals surface area (Å²) in [6.07, 6.45) is 1.86. The van der Waals surface area contributed by atoms with Crippen molar-refractivity contribution in [1.29, 1.82) is 0 Å². The van der Waals surface area contributed by atoms with E-state index in [1.165, 1.54) is 0 Å². The largest absolute Gasteiger partial charge is 0.383 e. The molecule has 0 bridgehead atoms. The highest BCUT2D eigenvalue weighted by atomic mass is 16.5. The van der Waals surface area contributed by atoms with Crippen molar-refractivity contribution in [2.45, 2.75) is 18.9 Å². The number of amides is 2. The molecule has 2 amide bonds. The molecule has 1 aliphatic heterocycles. The van der Waals surface area contributed by atoms with Crippen LogP contribution in [0.3, 0.4) is 0 Å². The van der Waals surface area contributed by atoms with Crippen LogP contribution in [0.15, 0.2) is 0 Å². The quantitative estimate of drug-likeness (QED) is 0.490. The smallest absolute Gasteiger partial charge is 0.239 e. The fraction of sp³-hybridized carbons (Fsp3) is 0.800. The molecular weight excluding hydrogens is 210 g/mol. The topological polar surface area (TPSA) is 79.5 Å². The van der Waals surface area contributed by atoms with Gasteiger partial charge in [0, 0.05) is 13.7 Å². The minimum absolute atomic E-state index is 0.0285. The highest BCUT2D eigenvalue weighted by molar-refractivity contribution is 5.87. The molecule has 1 saturated heterocycles. The van der Waals surface area contributed by atoms with Crippen LogP contribution in [0.1, 0.15) is 12.8 Å². The number of rotatable bonds is 6. The summed E-state index contributed by atoms with van der Waals surface area (Å²) in [6.45, 7) is 1.84. The van der Waals surface area contributed by atoms with Gasteiger partial charge in [-0.25, -0.2) is 0 Å². The van der Waals surface area contributed by atoms with E-state index in [1.807, 2.05) is 0 Å². The maximum absolute atomic E-state index is 11.5. The van der Waals surface area contributed by atoms with Crippen LogP contribution < -0.4 is 16.0 Å². The normalized spacial score (nSPS) is 19.4. The van der Waals surface area contributed by atoms with E-state index in [0.717, 1.165) is 19.4 Å². The number of methoxy groups -OCH3 is 1. The number of ether oxygens (including phenoxy) is 1. The Labute approximate surface area is 95.1 Å². The molecule has 0 unspecified atom stereocenters. The highest BCUT2D eigenvalue weighted by Gasteiger charge is 2.21. The second kappa shape index (κ2) is 7.19. The molecule has 92 valence electrons. The summed E-state index contributed by atoms with van der Waals surface area (Å²) in [5, 5.41) is 8.30. The van der Waals surface area contributed by atoms with E-state index < -0.39 is 0 Å². The molecule has 1 atom stereocenters. The summed E-state index contributed by atoms with van der Waals surface area (Å²) in [6, 6.07) is -0.133. The summed E-state index contributed by atoms with van der Waals surface area (Å²) >= 11 is 0. The van der Waals surface area contributed by atoms with Gasteiger partial charge in [-0.05, 0) is 19.4 Å². The van der Waals surface area contributed by atoms with Crippen LogP contribution in [0.25, 0.3) is 0 Å².